The normalized spacial score (nSPS) is 14.2. The fourth-order valence-corrected chi connectivity index (χ4v) is 2.65. The molecule has 1 aromatic heterocycles. The molecule has 0 saturated carbocycles. The van der Waals surface area contributed by atoms with Gasteiger partial charge in [-0.25, -0.2) is 4.98 Å². The predicted octanol–water partition coefficient (Wildman–Crippen LogP) is 2.36. The summed E-state index contributed by atoms with van der Waals surface area (Å²) in [4.78, 5) is 4.51. The number of nitrogens with zero attached hydrogens (tertiary/aromatic N) is 2. The van der Waals surface area contributed by atoms with Crippen LogP contribution in [0.4, 0.5) is 5.95 Å². The first-order valence-corrected chi connectivity index (χ1v) is 8.94. The quantitative estimate of drug-likeness (QED) is 0.674. The Morgan fingerprint density at radius 2 is 2.30 bits per heavy atom. The number of nitrogens with one attached hydrogen (secondary N) is 1. The highest BCUT2D eigenvalue weighted by atomic mass is 32.2. The van der Waals surface area contributed by atoms with Crippen LogP contribution in [-0.4, -0.2) is 45.5 Å². The van der Waals surface area contributed by atoms with Crippen LogP contribution < -0.4 is 5.32 Å². The molecule has 20 heavy (non-hydrogen) atoms. The number of imidazole rings is 1. The van der Waals surface area contributed by atoms with Crippen LogP contribution in [0.5, 0.6) is 0 Å². The van der Waals surface area contributed by atoms with Crippen LogP contribution in [0.15, 0.2) is 6.20 Å². The van der Waals surface area contributed by atoms with Crippen molar-refractivity contribution in [3.05, 3.63) is 11.9 Å². The molecule has 6 heteroatoms. The number of aryl methyl sites for hydroxylation is 1. The van der Waals surface area contributed by atoms with Gasteiger partial charge in [0.1, 0.15) is 0 Å². The van der Waals surface area contributed by atoms with Crippen molar-refractivity contribution in [1.29, 1.82) is 0 Å². The van der Waals surface area contributed by atoms with Crippen molar-refractivity contribution in [3.63, 3.8) is 0 Å². The Kier molecular flexibility index (Phi) is 7.84. The van der Waals surface area contributed by atoms with E-state index in [0.717, 1.165) is 50.0 Å². The molecule has 1 N–H and O–H groups in total. The number of ether oxygens (including phenoxy) is 1. The van der Waals surface area contributed by atoms with Gasteiger partial charge in [-0.2, -0.15) is 0 Å². The van der Waals surface area contributed by atoms with Crippen LogP contribution >= 0.6 is 0 Å². The van der Waals surface area contributed by atoms with E-state index < -0.39 is 10.8 Å². The molecule has 0 spiro atoms. The second-order valence-electron chi connectivity index (χ2n) is 5.01. The molecule has 2 unspecified atom stereocenters. The van der Waals surface area contributed by atoms with Gasteiger partial charge in [-0.1, -0.05) is 0 Å². The lowest BCUT2D eigenvalue weighted by Crippen LogP contribution is -2.14. The van der Waals surface area contributed by atoms with Crippen LogP contribution in [0.3, 0.4) is 0 Å². The van der Waals surface area contributed by atoms with Crippen molar-refractivity contribution in [3.8, 4) is 0 Å². The summed E-state index contributed by atoms with van der Waals surface area (Å²) in [6.07, 6.45) is 5.66. The zero-order valence-corrected chi connectivity index (χ0v) is 13.8. The smallest absolute Gasteiger partial charge is 0.203 e. The summed E-state index contributed by atoms with van der Waals surface area (Å²) in [5, 5.41) is 3.36. The van der Waals surface area contributed by atoms with Crippen molar-refractivity contribution in [2.45, 2.75) is 39.7 Å². The molecule has 1 aromatic rings. The Morgan fingerprint density at radius 1 is 1.55 bits per heavy atom. The number of anilines is 1. The first kappa shape index (κ1) is 17.2. The minimum Gasteiger partial charge on any atom is -0.382 e. The Morgan fingerprint density at radius 3 is 2.95 bits per heavy atom. The lowest BCUT2D eigenvalue weighted by Gasteiger charge is -2.16. The summed E-state index contributed by atoms with van der Waals surface area (Å²) in [5.74, 6) is 1.62. The standard InChI is InChI=1S/C14H27N3O2S/c1-5-19-9-6-8-15-14-16-12(2)11-17(14)13(3)7-10-20(4)18/h11,13H,5-10H2,1-4H3,(H,15,16). The van der Waals surface area contributed by atoms with E-state index in [9.17, 15) is 4.21 Å². The lowest BCUT2D eigenvalue weighted by molar-refractivity contribution is 0.147. The molecule has 5 nitrogen and oxygen atoms in total. The van der Waals surface area contributed by atoms with Gasteiger partial charge < -0.3 is 14.6 Å². The summed E-state index contributed by atoms with van der Waals surface area (Å²) in [6, 6.07) is 0.300. The van der Waals surface area contributed by atoms with Crippen molar-refractivity contribution < 1.29 is 8.95 Å². The van der Waals surface area contributed by atoms with Gasteiger partial charge in [-0.3, -0.25) is 4.21 Å². The Balaban J connectivity index is 2.51. The van der Waals surface area contributed by atoms with E-state index >= 15 is 0 Å². The molecule has 0 bridgehead atoms. The van der Waals surface area contributed by atoms with E-state index in [1.807, 2.05) is 20.0 Å². The van der Waals surface area contributed by atoms with Crippen molar-refractivity contribution in [2.75, 3.05) is 37.1 Å². The molecule has 116 valence electrons. The minimum absolute atomic E-state index is 0.300. The highest BCUT2D eigenvalue weighted by Crippen LogP contribution is 2.19. The minimum atomic E-state index is -0.740. The molecule has 0 aliphatic rings. The van der Waals surface area contributed by atoms with Gasteiger partial charge in [0, 0.05) is 54.8 Å². The number of hydrogen-bond donors (Lipinski definition) is 1. The monoisotopic (exact) mass is 301 g/mol. The number of aromatic nitrogens is 2. The molecular weight excluding hydrogens is 274 g/mol. The Bertz CT molecular complexity index is 421. The SMILES string of the molecule is CCOCCCNc1nc(C)cn1C(C)CCS(C)=O. The average molecular weight is 301 g/mol. The summed E-state index contributed by atoms with van der Waals surface area (Å²) >= 11 is 0. The van der Waals surface area contributed by atoms with E-state index in [0.29, 0.717) is 6.04 Å². The number of hydrogen-bond acceptors (Lipinski definition) is 4. The highest BCUT2D eigenvalue weighted by molar-refractivity contribution is 7.84. The third kappa shape index (κ3) is 6.05. The molecule has 0 radical (unpaired) electrons. The number of rotatable bonds is 10. The zero-order chi connectivity index (χ0) is 15.0. The average Bonchev–Trinajstić information content (AvgIpc) is 2.77. The zero-order valence-electron chi connectivity index (χ0n) is 13.0. The molecule has 0 aliphatic heterocycles. The Labute approximate surface area is 124 Å². The maximum atomic E-state index is 11.2. The van der Waals surface area contributed by atoms with E-state index in [1.54, 1.807) is 6.26 Å². The Hall–Kier alpha value is -0.880. The third-order valence-corrected chi connectivity index (χ3v) is 3.91. The van der Waals surface area contributed by atoms with E-state index in [-0.39, 0.29) is 0 Å². The third-order valence-electron chi connectivity index (χ3n) is 3.10. The summed E-state index contributed by atoms with van der Waals surface area (Å²) in [6.45, 7) is 8.52. The first-order chi connectivity index (χ1) is 9.54. The van der Waals surface area contributed by atoms with Crippen LogP contribution in [0.2, 0.25) is 0 Å². The maximum Gasteiger partial charge on any atom is 0.203 e. The molecule has 1 rings (SSSR count). The molecule has 0 aromatic carbocycles. The van der Waals surface area contributed by atoms with Crippen LogP contribution in [0.25, 0.3) is 0 Å². The predicted molar refractivity (Wildman–Crippen MR) is 84.8 cm³/mol. The van der Waals surface area contributed by atoms with Gasteiger partial charge >= 0.3 is 0 Å². The second kappa shape index (κ2) is 9.13. The van der Waals surface area contributed by atoms with Gasteiger partial charge in [0.15, 0.2) is 0 Å². The molecule has 0 amide bonds. The van der Waals surface area contributed by atoms with Gasteiger partial charge in [-0.15, -0.1) is 0 Å². The molecular formula is C14H27N3O2S. The fraction of sp³-hybridized carbons (Fsp3) is 0.786. The van der Waals surface area contributed by atoms with Crippen LogP contribution in [0, 0.1) is 6.92 Å². The lowest BCUT2D eigenvalue weighted by atomic mass is 10.2. The van der Waals surface area contributed by atoms with Crippen LogP contribution in [0.1, 0.15) is 38.4 Å². The van der Waals surface area contributed by atoms with Gasteiger partial charge in [0.2, 0.25) is 5.95 Å². The fourth-order valence-electron chi connectivity index (χ4n) is 1.98. The van der Waals surface area contributed by atoms with Crippen molar-refractivity contribution in [1.82, 2.24) is 9.55 Å². The first-order valence-electron chi connectivity index (χ1n) is 7.21. The van der Waals surface area contributed by atoms with E-state index in [1.165, 1.54) is 0 Å². The largest absolute Gasteiger partial charge is 0.382 e. The molecule has 1 heterocycles. The summed E-state index contributed by atoms with van der Waals surface area (Å²) in [5.41, 5.74) is 1.00. The molecule has 0 aliphatic carbocycles. The molecule has 0 saturated heterocycles. The van der Waals surface area contributed by atoms with Crippen molar-refractivity contribution >= 4 is 16.7 Å². The molecule has 2 atom stereocenters. The highest BCUT2D eigenvalue weighted by Gasteiger charge is 2.12. The van der Waals surface area contributed by atoms with E-state index in [4.69, 9.17) is 4.74 Å². The van der Waals surface area contributed by atoms with Crippen LogP contribution in [-0.2, 0) is 15.5 Å². The maximum absolute atomic E-state index is 11.2. The second-order valence-corrected chi connectivity index (χ2v) is 6.56. The summed E-state index contributed by atoms with van der Waals surface area (Å²) < 4.78 is 18.7. The topological polar surface area (TPSA) is 56.1 Å². The van der Waals surface area contributed by atoms with Gasteiger partial charge in [0.05, 0.1) is 5.69 Å². The van der Waals surface area contributed by atoms with E-state index in [2.05, 4.69) is 21.8 Å². The van der Waals surface area contributed by atoms with Gasteiger partial charge in [0.25, 0.3) is 0 Å². The molecule has 0 fully saturated rings. The van der Waals surface area contributed by atoms with Crippen molar-refractivity contribution in [2.24, 2.45) is 0 Å². The van der Waals surface area contributed by atoms with Gasteiger partial charge in [-0.05, 0) is 33.6 Å². The summed E-state index contributed by atoms with van der Waals surface area (Å²) in [7, 11) is -0.740.